The van der Waals surface area contributed by atoms with Crippen molar-refractivity contribution in [1.29, 1.82) is 0 Å². The van der Waals surface area contributed by atoms with Gasteiger partial charge in [0.05, 0.1) is 26.6 Å². The number of aromatic amines is 1. The maximum atomic E-state index is 12.2. The van der Waals surface area contributed by atoms with Gasteiger partial charge in [-0.05, 0) is 6.92 Å². The molecule has 0 amide bonds. The number of hydrogen-bond acceptors (Lipinski definition) is 4. The van der Waals surface area contributed by atoms with Crippen molar-refractivity contribution in [2.45, 2.75) is 17.8 Å². The summed E-state index contributed by atoms with van der Waals surface area (Å²) in [4.78, 5) is 21.6. The molecule has 0 aliphatic rings. The quantitative estimate of drug-likeness (QED) is 0.879. The summed E-state index contributed by atoms with van der Waals surface area (Å²) in [5.41, 5.74) is 0.669. The third kappa shape index (κ3) is 3.40. The Labute approximate surface area is 121 Å². The van der Waals surface area contributed by atoms with Gasteiger partial charge in [-0.25, -0.2) is 4.98 Å². The Morgan fingerprint density at radius 1 is 1.32 bits per heavy atom. The van der Waals surface area contributed by atoms with Crippen molar-refractivity contribution < 1.29 is 4.21 Å². The molecule has 0 saturated carbocycles. The summed E-state index contributed by atoms with van der Waals surface area (Å²) < 4.78 is 12.2. The van der Waals surface area contributed by atoms with E-state index in [9.17, 15) is 9.00 Å². The van der Waals surface area contributed by atoms with Crippen molar-refractivity contribution >= 4 is 34.0 Å². The van der Waals surface area contributed by atoms with E-state index in [4.69, 9.17) is 23.2 Å². The first kappa shape index (κ1) is 14.2. The second-order valence-corrected chi connectivity index (χ2v) is 5.94. The van der Waals surface area contributed by atoms with Crippen molar-refractivity contribution in [1.82, 2.24) is 15.0 Å². The van der Waals surface area contributed by atoms with E-state index in [-0.39, 0.29) is 16.5 Å². The molecule has 100 valence electrons. The van der Waals surface area contributed by atoms with Gasteiger partial charge in [0.2, 0.25) is 0 Å². The lowest BCUT2D eigenvalue weighted by atomic mass is 10.3. The second-order valence-electron chi connectivity index (χ2n) is 3.76. The van der Waals surface area contributed by atoms with Crippen molar-refractivity contribution in [3.8, 4) is 0 Å². The Morgan fingerprint density at radius 2 is 1.95 bits per heavy atom. The molecule has 0 radical (unpaired) electrons. The van der Waals surface area contributed by atoms with Gasteiger partial charge in [0.15, 0.2) is 5.16 Å². The molecular weight excluding hydrogens is 309 g/mol. The van der Waals surface area contributed by atoms with Crippen LogP contribution in [-0.4, -0.2) is 19.2 Å². The zero-order valence-corrected chi connectivity index (χ0v) is 12.1. The van der Waals surface area contributed by atoms with Gasteiger partial charge in [-0.15, -0.1) is 0 Å². The summed E-state index contributed by atoms with van der Waals surface area (Å²) in [6.45, 7) is 1.66. The highest BCUT2D eigenvalue weighted by Crippen LogP contribution is 2.25. The fourth-order valence-corrected chi connectivity index (χ4v) is 3.26. The van der Waals surface area contributed by atoms with Crippen LogP contribution < -0.4 is 5.56 Å². The molecule has 0 spiro atoms. The Bertz CT molecular complexity index is 682. The van der Waals surface area contributed by atoms with Crippen LogP contribution in [0.5, 0.6) is 0 Å². The summed E-state index contributed by atoms with van der Waals surface area (Å²) in [7, 11) is -1.54. The van der Waals surface area contributed by atoms with Gasteiger partial charge in [0, 0.05) is 29.7 Å². The Kier molecular flexibility index (Phi) is 4.34. The Hall–Kier alpha value is -1.24. The third-order valence-corrected chi connectivity index (χ3v) is 4.12. The van der Waals surface area contributed by atoms with Gasteiger partial charge in [-0.2, -0.15) is 0 Å². The smallest absolute Gasteiger partial charge is 0.251 e. The molecule has 0 bridgehead atoms. The van der Waals surface area contributed by atoms with Gasteiger partial charge in [0.25, 0.3) is 5.56 Å². The second kappa shape index (κ2) is 5.81. The van der Waals surface area contributed by atoms with Crippen LogP contribution in [-0.2, 0) is 16.6 Å². The summed E-state index contributed by atoms with van der Waals surface area (Å²) in [5.74, 6) is 0.0621. The molecule has 0 aliphatic heterocycles. The first-order valence-electron chi connectivity index (χ1n) is 5.21. The van der Waals surface area contributed by atoms with Crippen LogP contribution >= 0.6 is 23.2 Å². The number of rotatable bonds is 3. The summed E-state index contributed by atoms with van der Waals surface area (Å²) in [6.07, 6.45) is 2.85. The molecule has 1 unspecified atom stereocenters. The lowest BCUT2D eigenvalue weighted by Crippen LogP contribution is -2.13. The molecule has 1 N–H and O–H groups in total. The van der Waals surface area contributed by atoms with Crippen LogP contribution in [0.1, 0.15) is 11.3 Å². The van der Waals surface area contributed by atoms with Crippen molar-refractivity contribution in [3.05, 3.63) is 50.1 Å². The predicted octanol–water partition coefficient (Wildman–Crippen LogP) is 2.09. The lowest BCUT2D eigenvalue weighted by Gasteiger charge is -2.06. The molecule has 0 aromatic carbocycles. The molecule has 2 rings (SSSR count). The first-order chi connectivity index (χ1) is 8.97. The molecule has 8 heteroatoms. The number of nitrogens with zero attached hydrogens (tertiary/aromatic N) is 2. The minimum atomic E-state index is -1.54. The standard InChI is InChI=1S/C11H9Cl2N3O2S/c1-6-2-10(17)16-11(15-6)19(18)5-7-8(12)3-14-4-9(7)13/h2-4H,5H2,1H3,(H,15,16,17). The summed E-state index contributed by atoms with van der Waals surface area (Å²) >= 11 is 11.9. The predicted molar refractivity (Wildman–Crippen MR) is 74.0 cm³/mol. The Morgan fingerprint density at radius 3 is 2.53 bits per heavy atom. The number of H-pyrrole nitrogens is 1. The number of aryl methyl sites for hydroxylation is 1. The van der Waals surface area contributed by atoms with Gasteiger partial charge in [-0.3, -0.25) is 19.0 Å². The number of aromatic nitrogens is 3. The van der Waals surface area contributed by atoms with E-state index in [0.717, 1.165) is 0 Å². The topological polar surface area (TPSA) is 75.7 Å². The van der Waals surface area contributed by atoms with E-state index in [2.05, 4.69) is 15.0 Å². The minimum Gasteiger partial charge on any atom is -0.299 e. The highest BCUT2D eigenvalue weighted by molar-refractivity contribution is 7.84. The number of hydrogen-bond donors (Lipinski definition) is 1. The van der Waals surface area contributed by atoms with Crippen LogP contribution in [0.4, 0.5) is 0 Å². The minimum absolute atomic E-state index is 0.0621. The number of nitrogens with one attached hydrogen (secondary N) is 1. The van der Waals surface area contributed by atoms with E-state index in [1.165, 1.54) is 18.5 Å². The number of pyridine rings is 1. The molecule has 2 aromatic rings. The lowest BCUT2D eigenvalue weighted by molar-refractivity contribution is 0.673. The van der Waals surface area contributed by atoms with Gasteiger partial charge < -0.3 is 0 Å². The van der Waals surface area contributed by atoms with Crippen LogP contribution in [0.25, 0.3) is 0 Å². The fourth-order valence-electron chi connectivity index (χ4n) is 1.43. The highest BCUT2D eigenvalue weighted by Gasteiger charge is 2.14. The van der Waals surface area contributed by atoms with E-state index >= 15 is 0 Å². The third-order valence-electron chi connectivity index (χ3n) is 2.29. The fraction of sp³-hybridized carbons (Fsp3) is 0.182. The van der Waals surface area contributed by atoms with Crippen LogP contribution in [0.2, 0.25) is 10.0 Å². The van der Waals surface area contributed by atoms with E-state index in [1.54, 1.807) is 6.92 Å². The molecule has 5 nitrogen and oxygen atoms in total. The summed E-state index contributed by atoms with van der Waals surface area (Å²) in [5, 5.41) is 0.764. The van der Waals surface area contributed by atoms with Crippen molar-refractivity contribution in [3.63, 3.8) is 0 Å². The zero-order valence-electron chi connectivity index (χ0n) is 9.81. The van der Waals surface area contributed by atoms with Crippen molar-refractivity contribution in [2.24, 2.45) is 0 Å². The Balaban J connectivity index is 2.33. The molecular formula is C11H9Cl2N3O2S. The van der Waals surface area contributed by atoms with E-state index < -0.39 is 10.8 Å². The van der Waals surface area contributed by atoms with Gasteiger partial charge >= 0.3 is 0 Å². The molecule has 19 heavy (non-hydrogen) atoms. The maximum absolute atomic E-state index is 12.2. The molecule has 0 fully saturated rings. The zero-order chi connectivity index (χ0) is 14.0. The molecule has 0 saturated heterocycles. The van der Waals surface area contributed by atoms with Crippen molar-refractivity contribution in [2.75, 3.05) is 0 Å². The SMILES string of the molecule is Cc1cc(=O)[nH]c(S(=O)Cc2c(Cl)cncc2Cl)n1. The van der Waals surface area contributed by atoms with Gasteiger partial charge in [0.1, 0.15) is 0 Å². The van der Waals surface area contributed by atoms with E-state index in [1.807, 2.05) is 0 Å². The average Bonchev–Trinajstić information content (AvgIpc) is 2.32. The normalized spacial score (nSPS) is 12.4. The monoisotopic (exact) mass is 317 g/mol. The molecule has 2 aromatic heterocycles. The maximum Gasteiger partial charge on any atom is 0.251 e. The van der Waals surface area contributed by atoms with Crippen LogP contribution in [0.15, 0.2) is 28.4 Å². The highest BCUT2D eigenvalue weighted by atomic mass is 35.5. The molecule has 2 heterocycles. The molecule has 0 aliphatic carbocycles. The largest absolute Gasteiger partial charge is 0.299 e. The molecule has 1 atom stereocenters. The number of halogens is 2. The van der Waals surface area contributed by atoms with Gasteiger partial charge in [-0.1, -0.05) is 23.2 Å². The summed E-state index contributed by atoms with van der Waals surface area (Å²) in [6, 6.07) is 1.33. The van der Waals surface area contributed by atoms with E-state index in [0.29, 0.717) is 21.3 Å². The first-order valence-corrected chi connectivity index (χ1v) is 7.29. The average molecular weight is 318 g/mol. The van der Waals surface area contributed by atoms with Crippen LogP contribution in [0, 0.1) is 6.92 Å². The van der Waals surface area contributed by atoms with Crippen LogP contribution in [0.3, 0.4) is 0 Å².